The van der Waals surface area contributed by atoms with Crippen molar-refractivity contribution in [2.45, 2.75) is 39.5 Å². The van der Waals surface area contributed by atoms with Crippen LogP contribution in [-0.4, -0.2) is 22.1 Å². The second-order valence-electron chi connectivity index (χ2n) is 3.87. The first kappa shape index (κ1) is 13.2. The molecular weight excluding hydrogens is 224 g/mol. The smallest absolute Gasteiger partial charge is 0.303 e. The molecule has 0 saturated carbocycles. The van der Waals surface area contributed by atoms with Crippen LogP contribution in [0.15, 0.2) is 4.52 Å². The first-order valence-electron chi connectivity index (χ1n) is 5.45. The molecule has 0 radical (unpaired) electrons. The van der Waals surface area contributed by atoms with Crippen LogP contribution in [0.3, 0.4) is 0 Å². The SMILES string of the molecule is Cc1noc(NC(=O)CCCCC(=O)O)c1C. The maximum atomic E-state index is 11.5. The van der Waals surface area contributed by atoms with Crippen molar-refractivity contribution in [2.75, 3.05) is 5.32 Å². The van der Waals surface area contributed by atoms with E-state index in [9.17, 15) is 9.59 Å². The monoisotopic (exact) mass is 240 g/mol. The lowest BCUT2D eigenvalue weighted by atomic mass is 10.2. The van der Waals surface area contributed by atoms with E-state index in [2.05, 4.69) is 10.5 Å². The molecule has 1 aromatic heterocycles. The number of aromatic nitrogens is 1. The molecule has 0 saturated heterocycles. The molecule has 6 nitrogen and oxygen atoms in total. The summed E-state index contributed by atoms with van der Waals surface area (Å²) in [7, 11) is 0. The third kappa shape index (κ3) is 4.26. The molecule has 0 atom stereocenters. The van der Waals surface area contributed by atoms with Gasteiger partial charge in [0.15, 0.2) is 0 Å². The quantitative estimate of drug-likeness (QED) is 0.740. The van der Waals surface area contributed by atoms with Gasteiger partial charge in [0.1, 0.15) is 0 Å². The summed E-state index contributed by atoms with van der Waals surface area (Å²) >= 11 is 0. The van der Waals surface area contributed by atoms with Gasteiger partial charge in [-0.05, 0) is 26.7 Å². The molecule has 0 aliphatic carbocycles. The summed E-state index contributed by atoms with van der Waals surface area (Å²) in [5.74, 6) is -0.660. The average molecular weight is 240 g/mol. The Balaban J connectivity index is 2.30. The molecule has 0 aliphatic rings. The van der Waals surface area contributed by atoms with Crippen LogP contribution in [0.25, 0.3) is 0 Å². The van der Waals surface area contributed by atoms with Gasteiger partial charge < -0.3 is 9.63 Å². The number of carbonyl (C=O) groups is 2. The van der Waals surface area contributed by atoms with Gasteiger partial charge in [-0.2, -0.15) is 0 Å². The Bertz CT molecular complexity index is 412. The fourth-order valence-corrected chi connectivity index (χ4v) is 1.28. The molecule has 0 bridgehead atoms. The molecule has 2 N–H and O–H groups in total. The minimum atomic E-state index is -0.841. The molecule has 0 aromatic carbocycles. The third-order valence-corrected chi connectivity index (χ3v) is 2.45. The zero-order valence-corrected chi connectivity index (χ0v) is 9.95. The van der Waals surface area contributed by atoms with Crippen LogP contribution in [0.2, 0.25) is 0 Å². The van der Waals surface area contributed by atoms with Crippen molar-refractivity contribution >= 4 is 17.8 Å². The molecule has 0 unspecified atom stereocenters. The standard InChI is InChI=1S/C11H16N2O4/c1-7-8(2)13-17-11(7)12-9(14)5-3-4-6-10(15)16/h3-6H2,1-2H3,(H,12,14)(H,15,16). The van der Waals surface area contributed by atoms with E-state index in [0.717, 1.165) is 11.3 Å². The predicted octanol–water partition coefficient (Wildman–Crippen LogP) is 1.87. The summed E-state index contributed by atoms with van der Waals surface area (Å²) in [6.45, 7) is 3.60. The fourth-order valence-electron chi connectivity index (χ4n) is 1.28. The van der Waals surface area contributed by atoms with Crippen molar-refractivity contribution < 1.29 is 19.2 Å². The minimum absolute atomic E-state index is 0.0910. The van der Waals surface area contributed by atoms with Crippen LogP contribution in [-0.2, 0) is 9.59 Å². The maximum absolute atomic E-state index is 11.5. The van der Waals surface area contributed by atoms with E-state index in [1.807, 2.05) is 6.92 Å². The van der Waals surface area contributed by atoms with E-state index in [1.54, 1.807) is 6.92 Å². The van der Waals surface area contributed by atoms with Gasteiger partial charge in [-0.1, -0.05) is 5.16 Å². The van der Waals surface area contributed by atoms with Gasteiger partial charge in [-0.25, -0.2) is 0 Å². The van der Waals surface area contributed by atoms with Gasteiger partial charge in [0.2, 0.25) is 11.8 Å². The summed E-state index contributed by atoms with van der Waals surface area (Å²) in [5.41, 5.74) is 1.55. The second kappa shape index (κ2) is 6.03. The Morgan fingerprint density at radius 2 is 1.94 bits per heavy atom. The largest absolute Gasteiger partial charge is 0.481 e. The highest BCUT2D eigenvalue weighted by Crippen LogP contribution is 2.17. The van der Waals surface area contributed by atoms with E-state index in [0.29, 0.717) is 18.7 Å². The highest BCUT2D eigenvalue weighted by Gasteiger charge is 2.11. The number of carboxylic acid groups (broad SMARTS) is 1. The van der Waals surface area contributed by atoms with Gasteiger partial charge in [-0.3, -0.25) is 14.9 Å². The third-order valence-electron chi connectivity index (χ3n) is 2.45. The van der Waals surface area contributed by atoms with Crippen LogP contribution in [0.1, 0.15) is 36.9 Å². The highest BCUT2D eigenvalue weighted by molar-refractivity contribution is 5.89. The Kier molecular flexibility index (Phi) is 4.68. The van der Waals surface area contributed by atoms with Gasteiger partial charge in [0, 0.05) is 18.4 Å². The number of aryl methyl sites for hydroxylation is 1. The van der Waals surface area contributed by atoms with E-state index >= 15 is 0 Å². The summed E-state index contributed by atoms with van der Waals surface area (Å²) < 4.78 is 4.93. The lowest BCUT2D eigenvalue weighted by Crippen LogP contribution is -2.11. The van der Waals surface area contributed by atoms with Gasteiger partial charge in [0.05, 0.1) is 5.69 Å². The summed E-state index contributed by atoms with van der Waals surface area (Å²) in [6, 6.07) is 0. The van der Waals surface area contributed by atoms with Gasteiger partial charge in [0.25, 0.3) is 0 Å². The number of unbranched alkanes of at least 4 members (excludes halogenated alkanes) is 1. The normalized spacial score (nSPS) is 10.2. The number of amides is 1. The Hall–Kier alpha value is -1.85. The number of rotatable bonds is 6. The Morgan fingerprint density at radius 3 is 2.47 bits per heavy atom. The molecule has 1 rings (SSSR count). The molecular formula is C11H16N2O4. The Morgan fingerprint density at radius 1 is 1.29 bits per heavy atom. The van der Waals surface area contributed by atoms with Crippen LogP contribution < -0.4 is 5.32 Å². The average Bonchev–Trinajstić information content (AvgIpc) is 2.56. The van der Waals surface area contributed by atoms with E-state index in [1.165, 1.54) is 0 Å². The van der Waals surface area contributed by atoms with E-state index < -0.39 is 5.97 Å². The first-order chi connectivity index (χ1) is 8.00. The van der Waals surface area contributed by atoms with Crippen LogP contribution in [0, 0.1) is 13.8 Å². The lowest BCUT2D eigenvalue weighted by Gasteiger charge is -2.01. The molecule has 0 spiro atoms. The zero-order chi connectivity index (χ0) is 12.8. The van der Waals surface area contributed by atoms with E-state index in [-0.39, 0.29) is 18.7 Å². The number of carbonyl (C=O) groups excluding carboxylic acids is 1. The molecule has 0 fully saturated rings. The summed E-state index contributed by atoms with van der Waals surface area (Å²) in [4.78, 5) is 21.7. The highest BCUT2D eigenvalue weighted by atomic mass is 16.5. The molecule has 1 heterocycles. The molecule has 1 amide bonds. The number of nitrogens with zero attached hydrogens (tertiary/aromatic N) is 1. The maximum Gasteiger partial charge on any atom is 0.303 e. The molecule has 94 valence electrons. The number of hydrogen-bond acceptors (Lipinski definition) is 4. The van der Waals surface area contributed by atoms with Gasteiger partial charge in [-0.15, -0.1) is 0 Å². The topological polar surface area (TPSA) is 92.4 Å². The molecule has 0 aliphatic heterocycles. The summed E-state index contributed by atoms with van der Waals surface area (Å²) in [6.07, 6.45) is 1.42. The van der Waals surface area contributed by atoms with Crippen molar-refractivity contribution in [3.05, 3.63) is 11.3 Å². The molecule has 17 heavy (non-hydrogen) atoms. The number of nitrogens with one attached hydrogen (secondary N) is 1. The van der Waals surface area contributed by atoms with Crippen LogP contribution >= 0.6 is 0 Å². The zero-order valence-electron chi connectivity index (χ0n) is 9.95. The number of aliphatic carboxylic acids is 1. The van der Waals surface area contributed by atoms with Crippen LogP contribution in [0.4, 0.5) is 5.88 Å². The predicted molar refractivity (Wildman–Crippen MR) is 60.7 cm³/mol. The first-order valence-corrected chi connectivity index (χ1v) is 5.45. The summed E-state index contributed by atoms with van der Waals surface area (Å²) in [5, 5.41) is 14.8. The number of hydrogen-bond donors (Lipinski definition) is 2. The van der Waals surface area contributed by atoms with E-state index in [4.69, 9.17) is 9.63 Å². The fraction of sp³-hybridized carbons (Fsp3) is 0.545. The second-order valence-corrected chi connectivity index (χ2v) is 3.87. The van der Waals surface area contributed by atoms with Crippen molar-refractivity contribution in [2.24, 2.45) is 0 Å². The van der Waals surface area contributed by atoms with Crippen molar-refractivity contribution in [1.29, 1.82) is 0 Å². The van der Waals surface area contributed by atoms with Gasteiger partial charge >= 0.3 is 5.97 Å². The van der Waals surface area contributed by atoms with Crippen molar-refractivity contribution in [1.82, 2.24) is 5.16 Å². The molecule has 1 aromatic rings. The molecule has 6 heteroatoms. The number of anilines is 1. The van der Waals surface area contributed by atoms with Crippen molar-refractivity contribution in [3.63, 3.8) is 0 Å². The minimum Gasteiger partial charge on any atom is -0.481 e. The van der Waals surface area contributed by atoms with Crippen molar-refractivity contribution in [3.8, 4) is 0 Å². The van der Waals surface area contributed by atoms with Crippen LogP contribution in [0.5, 0.6) is 0 Å². The Labute approximate surface area is 99.0 Å². The number of carboxylic acids is 1. The lowest BCUT2D eigenvalue weighted by molar-refractivity contribution is -0.137.